The minimum atomic E-state index is -0.457. The Morgan fingerprint density at radius 1 is 1.08 bits per heavy atom. The molecule has 1 saturated carbocycles. The second-order valence-corrected chi connectivity index (χ2v) is 6.20. The molecule has 132 valence electrons. The molecule has 1 fully saturated rings. The van der Waals surface area contributed by atoms with E-state index in [2.05, 4.69) is 34.3 Å². The number of rotatable bonds is 5. The molecule has 1 aromatic rings. The SMILES string of the molecule is Cl.NC1=NC2(CCCCC2)N(OCCCc2ccccc2)C(N)=N1. The summed E-state index contributed by atoms with van der Waals surface area (Å²) in [7, 11) is 0. The molecular formula is C17H26ClN5O. The Labute approximate surface area is 149 Å². The van der Waals surface area contributed by atoms with Gasteiger partial charge in [0.05, 0.1) is 6.61 Å². The van der Waals surface area contributed by atoms with Gasteiger partial charge in [0.2, 0.25) is 11.9 Å². The van der Waals surface area contributed by atoms with Gasteiger partial charge in [-0.25, -0.2) is 4.99 Å². The van der Waals surface area contributed by atoms with Crippen molar-refractivity contribution in [3.8, 4) is 0 Å². The molecule has 3 rings (SSSR count). The van der Waals surface area contributed by atoms with Crippen LogP contribution in [-0.2, 0) is 11.3 Å². The molecule has 0 saturated heterocycles. The topological polar surface area (TPSA) is 89.2 Å². The molecule has 0 amide bonds. The van der Waals surface area contributed by atoms with Crippen LogP contribution in [0.15, 0.2) is 40.3 Å². The predicted octanol–water partition coefficient (Wildman–Crippen LogP) is 2.58. The lowest BCUT2D eigenvalue weighted by atomic mass is 9.89. The van der Waals surface area contributed by atoms with E-state index < -0.39 is 5.66 Å². The van der Waals surface area contributed by atoms with E-state index >= 15 is 0 Å². The Kier molecular flexibility index (Phi) is 6.45. The van der Waals surface area contributed by atoms with Crippen molar-refractivity contribution < 1.29 is 4.84 Å². The van der Waals surface area contributed by atoms with E-state index in [4.69, 9.17) is 16.3 Å². The molecule has 0 aromatic heterocycles. The molecule has 7 heteroatoms. The second-order valence-electron chi connectivity index (χ2n) is 6.20. The zero-order valence-electron chi connectivity index (χ0n) is 13.9. The van der Waals surface area contributed by atoms with Gasteiger partial charge in [0, 0.05) is 0 Å². The average molecular weight is 352 g/mol. The van der Waals surface area contributed by atoms with Gasteiger partial charge in [-0.2, -0.15) is 10.1 Å². The van der Waals surface area contributed by atoms with Crippen molar-refractivity contribution in [2.75, 3.05) is 6.61 Å². The van der Waals surface area contributed by atoms with Crippen molar-refractivity contribution in [2.24, 2.45) is 21.5 Å². The van der Waals surface area contributed by atoms with E-state index in [0.717, 1.165) is 38.5 Å². The predicted molar refractivity (Wildman–Crippen MR) is 98.9 cm³/mol. The van der Waals surface area contributed by atoms with Crippen LogP contribution in [0.3, 0.4) is 0 Å². The fraction of sp³-hybridized carbons (Fsp3) is 0.529. The Morgan fingerprint density at radius 3 is 2.50 bits per heavy atom. The van der Waals surface area contributed by atoms with E-state index in [1.807, 2.05) is 6.07 Å². The van der Waals surface area contributed by atoms with Crippen molar-refractivity contribution in [2.45, 2.75) is 50.6 Å². The normalized spacial score (nSPS) is 19.4. The van der Waals surface area contributed by atoms with Crippen LogP contribution in [0.1, 0.15) is 44.1 Å². The lowest BCUT2D eigenvalue weighted by molar-refractivity contribution is -0.177. The monoisotopic (exact) mass is 351 g/mol. The third-order valence-electron chi connectivity index (χ3n) is 4.47. The number of aryl methyl sites for hydroxylation is 1. The van der Waals surface area contributed by atoms with Gasteiger partial charge >= 0.3 is 0 Å². The number of halogens is 1. The zero-order chi connectivity index (χ0) is 16.1. The number of aliphatic imine (C=N–C) groups is 2. The molecule has 0 radical (unpaired) electrons. The summed E-state index contributed by atoms with van der Waals surface area (Å²) in [6, 6.07) is 10.4. The van der Waals surface area contributed by atoms with Crippen LogP contribution in [0.5, 0.6) is 0 Å². The number of hydrogen-bond acceptors (Lipinski definition) is 6. The highest BCUT2D eigenvalue weighted by molar-refractivity contribution is 5.95. The highest BCUT2D eigenvalue weighted by atomic mass is 35.5. The van der Waals surface area contributed by atoms with Crippen molar-refractivity contribution in [3.63, 3.8) is 0 Å². The van der Waals surface area contributed by atoms with Crippen molar-refractivity contribution >= 4 is 24.3 Å². The molecule has 0 unspecified atom stereocenters. The first-order valence-electron chi connectivity index (χ1n) is 8.36. The minimum Gasteiger partial charge on any atom is -0.368 e. The highest BCUT2D eigenvalue weighted by Crippen LogP contribution is 2.36. The van der Waals surface area contributed by atoms with Crippen LogP contribution in [0.2, 0.25) is 0 Å². The first-order chi connectivity index (χ1) is 11.2. The summed E-state index contributed by atoms with van der Waals surface area (Å²) in [5.74, 6) is 0.577. The Balaban J connectivity index is 0.00000208. The van der Waals surface area contributed by atoms with Crippen LogP contribution in [0.4, 0.5) is 0 Å². The van der Waals surface area contributed by atoms with Crippen molar-refractivity contribution in [1.82, 2.24) is 5.06 Å². The average Bonchev–Trinajstić information content (AvgIpc) is 2.55. The molecule has 1 heterocycles. The number of guanidine groups is 2. The Hall–Kier alpha value is -1.79. The van der Waals surface area contributed by atoms with Gasteiger partial charge in [0.15, 0.2) is 5.66 Å². The largest absolute Gasteiger partial charge is 0.368 e. The first-order valence-corrected chi connectivity index (χ1v) is 8.36. The van der Waals surface area contributed by atoms with Gasteiger partial charge < -0.3 is 11.5 Å². The van der Waals surface area contributed by atoms with Gasteiger partial charge in [0.25, 0.3) is 0 Å². The van der Waals surface area contributed by atoms with Crippen molar-refractivity contribution in [1.29, 1.82) is 0 Å². The van der Waals surface area contributed by atoms with Crippen molar-refractivity contribution in [3.05, 3.63) is 35.9 Å². The molecule has 1 spiro atoms. The third kappa shape index (κ3) is 4.19. The molecule has 6 nitrogen and oxygen atoms in total. The maximum atomic E-state index is 6.06. The number of hydroxylamine groups is 2. The van der Waals surface area contributed by atoms with Crippen LogP contribution < -0.4 is 11.5 Å². The van der Waals surface area contributed by atoms with E-state index in [1.165, 1.54) is 12.0 Å². The molecule has 0 atom stereocenters. The Morgan fingerprint density at radius 2 is 1.79 bits per heavy atom. The van der Waals surface area contributed by atoms with Gasteiger partial charge in [-0.15, -0.1) is 12.4 Å². The summed E-state index contributed by atoms with van der Waals surface area (Å²) in [5, 5.41) is 1.70. The molecular weight excluding hydrogens is 326 g/mol. The van der Waals surface area contributed by atoms with Crippen LogP contribution in [-0.4, -0.2) is 29.3 Å². The number of nitrogens with two attached hydrogens (primary N) is 2. The molecule has 4 N–H and O–H groups in total. The van der Waals surface area contributed by atoms with Gasteiger partial charge in [-0.3, -0.25) is 4.84 Å². The fourth-order valence-electron chi connectivity index (χ4n) is 3.36. The lowest BCUT2D eigenvalue weighted by Gasteiger charge is -2.44. The molecule has 0 bridgehead atoms. The number of hydrogen-bond donors (Lipinski definition) is 2. The molecule has 1 aliphatic carbocycles. The summed E-state index contributed by atoms with van der Waals surface area (Å²) in [5.41, 5.74) is 12.7. The summed E-state index contributed by atoms with van der Waals surface area (Å²) in [4.78, 5) is 14.6. The smallest absolute Gasteiger partial charge is 0.226 e. The van der Waals surface area contributed by atoms with Gasteiger partial charge in [0.1, 0.15) is 0 Å². The second kappa shape index (κ2) is 8.35. The maximum absolute atomic E-state index is 6.06. The number of nitrogens with zero attached hydrogens (tertiary/aromatic N) is 3. The highest BCUT2D eigenvalue weighted by Gasteiger charge is 2.42. The van der Waals surface area contributed by atoms with Crippen LogP contribution in [0, 0.1) is 0 Å². The van der Waals surface area contributed by atoms with E-state index in [9.17, 15) is 0 Å². The quantitative estimate of drug-likeness (QED) is 0.798. The van der Waals surface area contributed by atoms with Gasteiger partial charge in [-0.05, 0) is 44.1 Å². The van der Waals surface area contributed by atoms with E-state index in [1.54, 1.807) is 5.06 Å². The van der Waals surface area contributed by atoms with Gasteiger partial charge in [-0.1, -0.05) is 36.8 Å². The van der Waals surface area contributed by atoms with E-state index in [-0.39, 0.29) is 18.4 Å². The first kappa shape index (κ1) is 18.5. The summed E-state index contributed by atoms with van der Waals surface area (Å²) >= 11 is 0. The summed E-state index contributed by atoms with van der Waals surface area (Å²) < 4.78 is 0. The fourth-order valence-corrected chi connectivity index (χ4v) is 3.36. The lowest BCUT2D eigenvalue weighted by Crippen LogP contribution is -2.57. The van der Waals surface area contributed by atoms with Crippen LogP contribution >= 0.6 is 12.4 Å². The summed E-state index contributed by atoms with van der Waals surface area (Å²) in [6.07, 6.45) is 7.14. The molecule has 2 aliphatic rings. The zero-order valence-corrected chi connectivity index (χ0v) is 14.7. The minimum absolute atomic E-state index is 0. The van der Waals surface area contributed by atoms with E-state index in [0.29, 0.717) is 12.6 Å². The third-order valence-corrected chi connectivity index (χ3v) is 4.47. The standard InChI is InChI=1S/C17H25N5O.ClH/c18-15-20-16(19)22(17(21-15)11-5-2-6-12-17)23-13-7-10-14-8-3-1-4-9-14;/h1,3-4,8-9H,2,5-7,10-13H2,(H4,18,19,20,21);1H. The Bertz CT molecular complexity index is 584. The van der Waals surface area contributed by atoms with Crippen LogP contribution in [0.25, 0.3) is 0 Å². The number of benzene rings is 1. The molecule has 1 aromatic carbocycles. The molecule has 24 heavy (non-hydrogen) atoms. The molecule has 1 aliphatic heterocycles. The summed E-state index contributed by atoms with van der Waals surface area (Å²) in [6.45, 7) is 0.586. The maximum Gasteiger partial charge on any atom is 0.226 e.